The minimum absolute atomic E-state index is 0.0248. The summed E-state index contributed by atoms with van der Waals surface area (Å²) >= 11 is 0. The molecule has 0 radical (unpaired) electrons. The molecule has 1 aliphatic heterocycles. The summed E-state index contributed by atoms with van der Waals surface area (Å²) in [4.78, 5) is 37.5. The van der Waals surface area contributed by atoms with Crippen molar-refractivity contribution in [2.45, 2.75) is 57.1 Å². The molecule has 1 aliphatic rings. The van der Waals surface area contributed by atoms with Crippen molar-refractivity contribution in [3.63, 3.8) is 0 Å². The highest BCUT2D eigenvalue weighted by atomic mass is 31.2. The third-order valence-electron chi connectivity index (χ3n) is 6.09. The Hall–Kier alpha value is -2.67. The van der Waals surface area contributed by atoms with Crippen molar-refractivity contribution in [3.05, 3.63) is 44.7 Å². The molecule has 5 atom stereocenters. The van der Waals surface area contributed by atoms with Crippen LogP contribution >= 0.6 is 7.60 Å². The number of ether oxygens (including phenoxy) is 4. The monoisotopic (exact) mass is 544 g/mol. The van der Waals surface area contributed by atoms with Crippen LogP contribution in [-0.2, 0) is 20.2 Å². The molecule has 206 valence electrons. The lowest BCUT2D eigenvalue weighted by Gasteiger charge is -2.21. The van der Waals surface area contributed by atoms with Crippen LogP contribution in [0.15, 0.2) is 27.9 Å². The summed E-state index contributed by atoms with van der Waals surface area (Å²) in [5, 5.41) is 20.8. The Kier molecular flexibility index (Phi) is 9.57. The predicted octanol–water partition coefficient (Wildman–Crippen LogP) is 0.442. The van der Waals surface area contributed by atoms with E-state index in [0.29, 0.717) is 17.7 Å². The maximum Gasteiger partial charge on any atom is 0.366 e. The summed E-state index contributed by atoms with van der Waals surface area (Å²) in [7, 11) is -0.615. The van der Waals surface area contributed by atoms with Crippen molar-refractivity contribution in [3.8, 4) is 17.2 Å². The van der Waals surface area contributed by atoms with Gasteiger partial charge in [-0.1, -0.05) is 19.8 Å². The van der Waals surface area contributed by atoms with Gasteiger partial charge in [-0.3, -0.25) is 18.9 Å². The Balaban J connectivity index is 1.82. The first-order chi connectivity index (χ1) is 17.6. The zero-order valence-corrected chi connectivity index (χ0v) is 22.0. The molecular weight excluding hydrogens is 511 g/mol. The average Bonchev–Trinajstić information content (AvgIpc) is 3.16. The van der Waals surface area contributed by atoms with Gasteiger partial charge in [-0.05, 0) is 12.8 Å². The number of nitrogens with zero attached hydrogens (tertiary/aromatic N) is 1. The molecular formula is C23H33N2O11P. The van der Waals surface area contributed by atoms with Crippen LogP contribution in [0, 0.1) is 0 Å². The van der Waals surface area contributed by atoms with Crippen LogP contribution in [0.2, 0.25) is 0 Å². The van der Waals surface area contributed by atoms with Crippen LogP contribution in [0.5, 0.6) is 17.2 Å². The van der Waals surface area contributed by atoms with Gasteiger partial charge in [0.2, 0.25) is 0 Å². The molecule has 0 amide bonds. The zero-order valence-electron chi connectivity index (χ0n) is 21.1. The molecule has 5 unspecified atom stereocenters. The van der Waals surface area contributed by atoms with Crippen LogP contribution in [0.25, 0.3) is 0 Å². The second kappa shape index (κ2) is 12.2. The third-order valence-corrected chi connectivity index (χ3v) is 7.59. The number of hydrogen-bond donors (Lipinski definition) is 4. The molecule has 4 N–H and O–H groups in total. The quantitative estimate of drug-likeness (QED) is 0.215. The highest BCUT2D eigenvalue weighted by molar-refractivity contribution is 7.61. The van der Waals surface area contributed by atoms with E-state index in [4.69, 9.17) is 23.5 Å². The molecule has 13 nitrogen and oxygen atoms in total. The summed E-state index contributed by atoms with van der Waals surface area (Å²) in [5.74, 6) is 0.268. The molecule has 0 saturated carbocycles. The first-order valence-corrected chi connectivity index (χ1v) is 13.3. The van der Waals surface area contributed by atoms with Gasteiger partial charge in [-0.25, -0.2) is 4.79 Å². The van der Waals surface area contributed by atoms with Crippen molar-refractivity contribution >= 4 is 12.9 Å². The highest BCUT2D eigenvalue weighted by Gasteiger charge is 2.45. The standard InChI is InChI=1S/C23H33N2O11P/c1-5-6-7-8-13-11-25(23(29)24-21(13)28)22-19(27)18(26)17(36-22)12-35-37(30,31)20-15(33-3)9-14(32-2)10-16(20)34-4/h9-11,17-19,22,26-27H,5-8,12H2,1-4H3,(H,30,31)(H,24,28,29). The maximum atomic E-state index is 13.2. The van der Waals surface area contributed by atoms with Crippen molar-refractivity contribution in [1.29, 1.82) is 0 Å². The fraction of sp³-hybridized carbons (Fsp3) is 0.565. The molecule has 37 heavy (non-hydrogen) atoms. The SMILES string of the molecule is CCCCCc1cn(C2OC(COP(=O)(O)c3c(OC)cc(OC)cc3OC)C(O)C2O)c(=O)[nH]c1=O. The molecule has 2 heterocycles. The fourth-order valence-electron chi connectivity index (χ4n) is 4.06. The normalized spacial score (nSPS) is 23.0. The van der Waals surface area contributed by atoms with Gasteiger partial charge >= 0.3 is 13.3 Å². The molecule has 1 fully saturated rings. The third kappa shape index (κ3) is 6.25. The fourth-order valence-corrected chi connectivity index (χ4v) is 5.41. The van der Waals surface area contributed by atoms with Crippen LogP contribution < -0.4 is 30.8 Å². The van der Waals surface area contributed by atoms with Crippen LogP contribution in [0.1, 0.15) is 38.0 Å². The lowest BCUT2D eigenvalue weighted by Crippen LogP contribution is -2.39. The number of unbranched alkanes of at least 4 members (excludes halogenated alkanes) is 2. The Morgan fingerprint density at radius 1 is 1.05 bits per heavy atom. The Morgan fingerprint density at radius 2 is 1.70 bits per heavy atom. The van der Waals surface area contributed by atoms with Crippen molar-refractivity contribution in [2.75, 3.05) is 27.9 Å². The number of methoxy groups -OCH3 is 3. The Morgan fingerprint density at radius 3 is 2.27 bits per heavy atom. The minimum atomic E-state index is -4.61. The van der Waals surface area contributed by atoms with Gasteiger partial charge in [0, 0.05) is 23.9 Å². The zero-order chi connectivity index (χ0) is 27.3. The number of aliphatic hydroxyl groups excluding tert-OH is 2. The number of aromatic amines is 1. The lowest BCUT2D eigenvalue weighted by atomic mass is 10.1. The first kappa shape index (κ1) is 28.9. The van der Waals surface area contributed by atoms with Crippen molar-refractivity contribution in [2.24, 2.45) is 0 Å². The number of hydrogen-bond acceptors (Lipinski definition) is 10. The summed E-state index contributed by atoms with van der Waals surface area (Å²) in [5.41, 5.74) is -1.03. The second-order valence-corrected chi connectivity index (χ2v) is 10.3. The summed E-state index contributed by atoms with van der Waals surface area (Å²) in [6.07, 6.45) is -1.50. The molecule has 1 aromatic heterocycles. The van der Waals surface area contributed by atoms with Crippen molar-refractivity contribution < 1.29 is 43.1 Å². The topological polar surface area (TPSA) is 179 Å². The van der Waals surface area contributed by atoms with E-state index in [2.05, 4.69) is 4.98 Å². The van der Waals surface area contributed by atoms with E-state index in [-0.39, 0.29) is 16.8 Å². The van der Waals surface area contributed by atoms with E-state index in [1.807, 2.05) is 6.92 Å². The molecule has 1 aromatic carbocycles. The number of aliphatic hydroxyl groups is 2. The smallest absolute Gasteiger partial charge is 0.366 e. The van der Waals surface area contributed by atoms with Gasteiger partial charge < -0.3 is 38.6 Å². The number of aromatic nitrogens is 2. The van der Waals surface area contributed by atoms with E-state index in [9.17, 15) is 29.3 Å². The molecule has 2 aromatic rings. The van der Waals surface area contributed by atoms with Crippen molar-refractivity contribution in [1.82, 2.24) is 9.55 Å². The molecule has 3 rings (SSSR count). The molecule has 14 heteroatoms. The van der Waals surface area contributed by atoms with E-state index in [1.54, 1.807) is 0 Å². The van der Waals surface area contributed by atoms with Crippen LogP contribution in [0.3, 0.4) is 0 Å². The number of nitrogens with one attached hydrogen (secondary N) is 1. The average molecular weight is 544 g/mol. The first-order valence-electron chi connectivity index (χ1n) is 11.7. The van der Waals surface area contributed by atoms with Gasteiger partial charge in [0.05, 0.1) is 27.9 Å². The predicted molar refractivity (Wildman–Crippen MR) is 132 cm³/mol. The van der Waals surface area contributed by atoms with E-state index >= 15 is 0 Å². The van der Waals surface area contributed by atoms with Gasteiger partial charge in [-0.2, -0.15) is 0 Å². The molecule has 1 saturated heterocycles. The number of aryl methyl sites for hydroxylation is 1. The molecule has 0 bridgehead atoms. The van der Waals surface area contributed by atoms with E-state index < -0.39 is 50.0 Å². The maximum absolute atomic E-state index is 13.2. The van der Waals surface area contributed by atoms with Crippen LogP contribution in [0.4, 0.5) is 0 Å². The molecule has 0 aliphatic carbocycles. The number of H-pyrrole nitrogens is 1. The van der Waals surface area contributed by atoms with Gasteiger partial charge in [0.15, 0.2) is 6.23 Å². The second-order valence-electron chi connectivity index (χ2n) is 8.52. The minimum Gasteiger partial charge on any atom is -0.496 e. The summed E-state index contributed by atoms with van der Waals surface area (Å²) in [6.45, 7) is 1.39. The van der Waals surface area contributed by atoms with Gasteiger partial charge in [0.1, 0.15) is 40.9 Å². The molecule has 0 spiro atoms. The van der Waals surface area contributed by atoms with E-state index in [1.165, 1.54) is 39.7 Å². The summed E-state index contributed by atoms with van der Waals surface area (Å²) < 4.78 is 40.6. The van der Waals surface area contributed by atoms with Gasteiger partial charge in [-0.15, -0.1) is 0 Å². The Bertz CT molecular complexity index is 1220. The van der Waals surface area contributed by atoms with E-state index in [0.717, 1.165) is 23.8 Å². The largest absolute Gasteiger partial charge is 0.496 e. The highest BCUT2D eigenvalue weighted by Crippen LogP contribution is 2.49. The Labute approximate surface area is 213 Å². The van der Waals surface area contributed by atoms with Crippen LogP contribution in [-0.4, -0.2) is 70.9 Å². The lowest BCUT2D eigenvalue weighted by molar-refractivity contribution is -0.0523. The number of benzene rings is 1. The summed E-state index contributed by atoms with van der Waals surface area (Å²) in [6, 6.07) is 2.76. The number of rotatable bonds is 12. The van der Waals surface area contributed by atoms with Gasteiger partial charge in [0.25, 0.3) is 5.56 Å².